The first-order valence-electron chi connectivity index (χ1n) is 8.23. The Hall–Kier alpha value is -1.02. The summed E-state index contributed by atoms with van der Waals surface area (Å²) < 4.78 is 37.6. The van der Waals surface area contributed by atoms with Crippen molar-refractivity contribution >= 4 is 10.0 Å². The lowest BCUT2D eigenvalue weighted by molar-refractivity contribution is -0.0964. The largest absolute Gasteiger partial charge is 0.372 e. The van der Waals surface area contributed by atoms with Gasteiger partial charge in [-0.2, -0.15) is 4.31 Å². The molecule has 6 nitrogen and oxygen atoms in total. The molecule has 0 radical (unpaired) electrons. The van der Waals surface area contributed by atoms with Crippen molar-refractivity contribution in [1.29, 1.82) is 0 Å². The fourth-order valence-corrected chi connectivity index (χ4v) is 4.74. The molecular formula is C16H24N2O4S. The van der Waals surface area contributed by atoms with Crippen LogP contribution in [-0.2, 0) is 26.1 Å². The minimum Gasteiger partial charge on any atom is -0.372 e. The lowest BCUT2D eigenvalue weighted by atomic mass is 10.0. The maximum absolute atomic E-state index is 12.1. The lowest BCUT2D eigenvalue weighted by Gasteiger charge is -2.35. The van der Waals surface area contributed by atoms with Crippen molar-refractivity contribution in [3.63, 3.8) is 0 Å². The van der Waals surface area contributed by atoms with Gasteiger partial charge >= 0.3 is 0 Å². The molecule has 128 valence electrons. The molecule has 1 aromatic rings. The Labute approximate surface area is 137 Å². The normalized spacial score (nSPS) is 28.7. The highest BCUT2D eigenvalue weighted by atomic mass is 32.2. The van der Waals surface area contributed by atoms with Gasteiger partial charge in [-0.3, -0.25) is 4.98 Å². The molecule has 0 N–H and O–H groups in total. The molecule has 2 aliphatic rings. The third kappa shape index (κ3) is 3.91. The Balaban J connectivity index is 1.48. The van der Waals surface area contributed by atoms with E-state index < -0.39 is 10.0 Å². The average molecular weight is 340 g/mol. The van der Waals surface area contributed by atoms with Gasteiger partial charge in [0.25, 0.3) is 0 Å². The third-order valence-electron chi connectivity index (χ3n) is 4.59. The molecule has 0 aliphatic carbocycles. The number of rotatable bonds is 6. The number of sulfonamides is 1. The van der Waals surface area contributed by atoms with E-state index in [-0.39, 0.29) is 24.0 Å². The lowest BCUT2D eigenvalue weighted by Crippen LogP contribution is -2.46. The molecule has 0 bridgehead atoms. The van der Waals surface area contributed by atoms with Crippen molar-refractivity contribution in [3.05, 3.63) is 30.1 Å². The minimum atomic E-state index is -3.12. The van der Waals surface area contributed by atoms with Crippen LogP contribution in [0.1, 0.15) is 31.9 Å². The molecule has 0 spiro atoms. The summed E-state index contributed by atoms with van der Waals surface area (Å²) in [5, 5.41) is 0. The number of ether oxygens (including phenoxy) is 2. The van der Waals surface area contributed by atoms with Crippen LogP contribution in [0, 0.1) is 0 Å². The highest BCUT2D eigenvalue weighted by Crippen LogP contribution is 2.33. The zero-order valence-corrected chi connectivity index (χ0v) is 14.2. The first kappa shape index (κ1) is 16.8. The average Bonchev–Trinajstić information content (AvgIpc) is 3.00. The van der Waals surface area contributed by atoms with E-state index >= 15 is 0 Å². The smallest absolute Gasteiger partial charge is 0.214 e. The summed E-state index contributed by atoms with van der Waals surface area (Å²) in [6, 6.07) is 5.76. The Morgan fingerprint density at radius 3 is 2.96 bits per heavy atom. The highest BCUT2D eigenvalue weighted by Gasteiger charge is 2.44. The van der Waals surface area contributed by atoms with Gasteiger partial charge in [0, 0.05) is 12.7 Å². The maximum atomic E-state index is 12.1. The van der Waals surface area contributed by atoms with E-state index in [1.807, 2.05) is 18.2 Å². The number of aromatic nitrogens is 1. The second kappa shape index (κ2) is 7.25. The van der Waals surface area contributed by atoms with E-state index in [1.54, 1.807) is 17.4 Å². The molecule has 1 aromatic heterocycles. The van der Waals surface area contributed by atoms with Crippen LogP contribution in [0.5, 0.6) is 0 Å². The molecule has 0 saturated carbocycles. The minimum absolute atomic E-state index is 0.00647. The fourth-order valence-electron chi connectivity index (χ4n) is 3.37. The van der Waals surface area contributed by atoms with Crippen molar-refractivity contribution in [3.8, 4) is 0 Å². The molecule has 2 saturated heterocycles. The number of pyridine rings is 1. The van der Waals surface area contributed by atoms with Gasteiger partial charge in [-0.25, -0.2) is 8.42 Å². The summed E-state index contributed by atoms with van der Waals surface area (Å²) in [4.78, 5) is 4.22. The number of fused-ring (bicyclic) bond motifs is 1. The molecule has 3 rings (SSSR count). The van der Waals surface area contributed by atoms with E-state index in [0.29, 0.717) is 19.8 Å². The summed E-state index contributed by atoms with van der Waals surface area (Å²) >= 11 is 0. The van der Waals surface area contributed by atoms with E-state index in [2.05, 4.69) is 4.98 Å². The van der Waals surface area contributed by atoms with Crippen LogP contribution in [0.25, 0.3) is 0 Å². The molecule has 0 aromatic carbocycles. The molecule has 3 atom stereocenters. The summed E-state index contributed by atoms with van der Waals surface area (Å²) in [6.45, 7) is 3.28. The second-order valence-corrected chi connectivity index (χ2v) is 8.29. The van der Waals surface area contributed by atoms with E-state index in [4.69, 9.17) is 9.47 Å². The van der Waals surface area contributed by atoms with E-state index in [9.17, 15) is 8.42 Å². The summed E-state index contributed by atoms with van der Waals surface area (Å²) in [7, 11) is -3.12. The summed E-state index contributed by atoms with van der Waals surface area (Å²) in [5.74, 6) is 0.160. The Kier molecular flexibility index (Phi) is 5.31. The van der Waals surface area contributed by atoms with E-state index in [0.717, 1.165) is 25.0 Å². The Morgan fingerprint density at radius 1 is 1.35 bits per heavy atom. The molecule has 7 heteroatoms. The number of hydrogen-bond acceptors (Lipinski definition) is 5. The zero-order chi connectivity index (χ0) is 16.3. The molecule has 0 unspecified atom stereocenters. The van der Waals surface area contributed by atoms with Gasteiger partial charge in [-0.05, 0) is 38.3 Å². The molecule has 2 fully saturated rings. The van der Waals surface area contributed by atoms with Crippen LogP contribution in [-0.4, -0.2) is 54.9 Å². The summed E-state index contributed by atoms with van der Waals surface area (Å²) in [6.07, 6.45) is 4.26. The van der Waals surface area contributed by atoms with Crippen LogP contribution in [0.3, 0.4) is 0 Å². The van der Waals surface area contributed by atoms with Gasteiger partial charge in [0.15, 0.2) is 0 Å². The summed E-state index contributed by atoms with van der Waals surface area (Å²) in [5.41, 5.74) is 0.905. The van der Waals surface area contributed by atoms with E-state index in [1.165, 1.54) is 0 Å². The van der Waals surface area contributed by atoms with Gasteiger partial charge in [-0.15, -0.1) is 0 Å². The van der Waals surface area contributed by atoms with Gasteiger partial charge in [0.1, 0.15) is 0 Å². The maximum Gasteiger partial charge on any atom is 0.214 e. The standard InChI is InChI=1S/C16H24N2O4S/c1-2-23(19,20)18-10-8-16-15(18)7-6-14(22-16)12-21-11-13-5-3-4-9-17-13/h3-5,9,14-16H,2,6-8,10-12H2,1H3/t14-,15+,16+/m1/s1. The third-order valence-corrected chi connectivity index (χ3v) is 6.48. The number of hydrogen-bond donors (Lipinski definition) is 0. The van der Waals surface area contributed by atoms with Crippen molar-refractivity contribution in [2.45, 2.75) is 51.0 Å². The highest BCUT2D eigenvalue weighted by molar-refractivity contribution is 7.89. The van der Waals surface area contributed by atoms with Crippen molar-refractivity contribution in [2.75, 3.05) is 18.9 Å². The molecule has 2 aliphatic heterocycles. The van der Waals surface area contributed by atoms with Crippen LogP contribution in [0.15, 0.2) is 24.4 Å². The zero-order valence-electron chi connectivity index (χ0n) is 13.4. The predicted molar refractivity (Wildman–Crippen MR) is 86.4 cm³/mol. The first-order valence-corrected chi connectivity index (χ1v) is 9.83. The second-order valence-electron chi connectivity index (χ2n) is 6.08. The van der Waals surface area contributed by atoms with Gasteiger partial charge in [-0.1, -0.05) is 6.07 Å². The molecule has 0 amide bonds. The van der Waals surface area contributed by atoms with Crippen LogP contribution < -0.4 is 0 Å². The van der Waals surface area contributed by atoms with Gasteiger partial charge < -0.3 is 9.47 Å². The monoisotopic (exact) mass is 340 g/mol. The van der Waals surface area contributed by atoms with Crippen molar-refractivity contribution < 1.29 is 17.9 Å². The van der Waals surface area contributed by atoms with Crippen LogP contribution >= 0.6 is 0 Å². The topological polar surface area (TPSA) is 68.7 Å². The Morgan fingerprint density at radius 2 is 2.22 bits per heavy atom. The van der Waals surface area contributed by atoms with Crippen LogP contribution in [0.2, 0.25) is 0 Å². The molecule has 23 heavy (non-hydrogen) atoms. The Bertz CT molecular complexity index is 608. The van der Waals surface area contributed by atoms with Gasteiger partial charge in [0.2, 0.25) is 10.0 Å². The quantitative estimate of drug-likeness (QED) is 0.786. The molecular weight excluding hydrogens is 316 g/mol. The fraction of sp³-hybridized carbons (Fsp3) is 0.688. The van der Waals surface area contributed by atoms with Crippen molar-refractivity contribution in [1.82, 2.24) is 9.29 Å². The van der Waals surface area contributed by atoms with Crippen molar-refractivity contribution in [2.24, 2.45) is 0 Å². The number of nitrogens with zero attached hydrogens (tertiary/aromatic N) is 2. The predicted octanol–water partition coefficient (Wildman–Crippen LogP) is 1.57. The molecule has 3 heterocycles. The first-order chi connectivity index (χ1) is 11.1. The van der Waals surface area contributed by atoms with Crippen LogP contribution in [0.4, 0.5) is 0 Å². The SMILES string of the molecule is CCS(=O)(=O)N1CC[C@@H]2O[C@@H](COCc3ccccn3)CC[C@@H]21. The van der Waals surface area contributed by atoms with Gasteiger partial charge in [0.05, 0.1) is 42.9 Å².